The summed E-state index contributed by atoms with van der Waals surface area (Å²) in [6, 6.07) is 4.20. The number of rotatable bonds is 5. The fourth-order valence-corrected chi connectivity index (χ4v) is 3.32. The Bertz CT molecular complexity index is 644. The van der Waals surface area contributed by atoms with Gasteiger partial charge in [-0.15, -0.1) is 0 Å². The maximum Gasteiger partial charge on any atom is 0.416 e. The van der Waals surface area contributed by atoms with Crippen molar-refractivity contribution in [1.82, 2.24) is 10.2 Å². The molecule has 1 unspecified atom stereocenters. The van der Waals surface area contributed by atoms with Crippen molar-refractivity contribution in [3.8, 4) is 0 Å². The Labute approximate surface area is 151 Å². The van der Waals surface area contributed by atoms with Crippen molar-refractivity contribution < 1.29 is 22.7 Å². The third-order valence-corrected chi connectivity index (χ3v) is 4.96. The molecular formula is C19H25F3N2O2. The molecule has 3 rings (SSSR count). The molecule has 2 fully saturated rings. The van der Waals surface area contributed by atoms with E-state index in [1.165, 1.54) is 12.1 Å². The minimum Gasteiger partial charge on any atom is -0.449 e. The summed E-state index contributed by atoms with van der Waals surface area (Å²) in [5.41, 5.74) is 0.654. The standard InChI is InChI=1S/C19H25F3N2O2/c1-2-3-10-26-18(25)24-9-8-23-17(12-24)14-6-7-16(19(20,21)22)15(11-14)13-4-5-13/h6-7,11,13,17,23H,2-5,8-10,12H2,1H3. The van der Waals surface area contributed by atoms with Crippen molar-refractivity contribution in [3.63, 3.8) is 0 Å². The predicted octanol–water partition coefficient (Wildman–Crippen LogP) is 4.47. The second-order valence-electron chi connectivity index (χ2n) is 7.04. The van der Waals surface area contributed by atoms with Gasteiger partial charge in [0.2, 0.25) is 0 Å². The van der Waals surface area contributed by atoms with E-state index in [0.29, 0.717) is 31.8 Å². The molecule has 144 valence electrons. The van der Waals surface area contributed by atoms with Crippen molar-refractivity contribution >= 4 is 6.09 Å². The molecule has 2 aliphatic rings. The highest BCUT2D eigenvalue weighted by molar-refractivity contribution is 5.67. The highest BCUT2D eigenvalue weighted by Crippen LogP contribution is 2.46. The van der Waals surface area contributed by atoms with Crippen LogP contribution in [0.1, 0.15) is 61.3 Å². The van der Waals surface area contributed by atoms with E-state index in [2.05, 4.69) is 5.32 Å². The number of nitrogens with one attached hydrogen (secondary N) is 1. The normalized spacial score (nSPS) is 20.9. The van der Waals surface area contributed by atoms with Crippen LogP contribution in [0, 0.1) is 0 Å². The van der Waals surface area contributed by atoms with Crippen LogP contribution < -0.4 is 5.32 Å². The van der Waals surface area contributed by atoms with E-state index in [1.807, 2.05) is 6.92 Å². The van der Waals surface area contributed by atoms with Gasteiger partial charge in [0.05, 0.1) is 18.2 Å². The van der Waals surface area contributed by atoms with Crippen molar-refractivity contribution in [2.45, 2.75) is 50.7 Å². The van der Waals surface area contributed by atoms with Gasteiger partial charge in [0.25, 0.3) is 0 Å². The van der Waals surface area contributed by atoms with Crippen LogP contribution in [0.3, 0.4) is 0 Å². The van der Waals surface area contributed by atoms with Crippen LogP contribution in [0.15, 0.2) is 18.2 Å². The highest BCUT2D eigenvalue weighted by Gasteiger charge is 2.38. The molecule has 0 spiro atoms. The average Bonchev–Trinajstić information content (AvgIpc) is 3.46. The van der Waals surface area contributed by atoms with Gasteiger partial charge in [0.1, 0.15) is 0 Å². The molecule has 1 aliphatic heterocycles. The van der Waals surface area contributed by atoms with E-state index in [4.69, 9.17) is 4.74 Å². The largest absolute Gasteiger partial charge is 0.449 e. The lowest BCUT2D eigenvalue weighted by molar-refractivity contribution is -0.138. The molecular weight excluding hydrogens is 345 g/mol. The molecule has 1 heterocycles. The van der Waals surface area contributed by atoms with Crippen LogP contribution in [-0.4, -0.2) is 37.2 Å². The number of benzene rings is 1. The number of hydrogen-bond acceptors (Lipinski definition) is 3. The van der Waals surface area contributed by atoms with Crippen LogP contribution in [-0.2, 0) is 10.9 Å². The fourth-order valence-electron chi connectivity index (χ4n) is 3.32. The van der Waals surface area contributed by atoms with Crippen molar-refractivity contribution in [2.75, 3.05) is 26.2 Å². The summed E-state index contributed by atoms with van der Waals surface area (Å²) in [7, 11) is 0. The smallest absolute Gasteiger partial charge is 0.416 e. The number of alkyl halides is 3. The first-order valence-electron chi connectivity index (χ1n) is 9.26. The Kier molecular flexibility index (Phi) is 5.75. The molecule has 0 bridgehead atoms. The molecule has 1 aliphatic carbocycles. The third kappa shape index (κ3) is 4.50. The van der Waals surface area contributed by atoms with Gasteiger partial charge in [-0.1, -0.05) is 25.5 Å². The van der Waals surface area contributed by atoms with Crippen molar-refractivity contribution in [2.24, 2.45) is 0 Å². The van der Waals surface area contributed by atoms with Gasteiger partial charge in [0.15, 0.2) is 0 Å². The van der Waals surface area contributed by atoms with Crippen LogP contribution in [0.2, 0.25) is 0 Å². The summed E-state index contributed by atoms with van der Waals surface area (Å²) in [5, 5.41) is 3.30. The van der Waals surface area contributed by atoms with Gasteiger partial charge in [-0.25, -0.2) is 4.79 Å². The summed E-state index contributed by atoms with van der Waals surface area (Å²) in [6.45, 7) is 3.96. The van der Waals surface area contributed by atoms with Crippen molar-refractivity contribution in [1.29, 1.82) is 0 Å². The Balaban J connectivity index is 1.72. The molecule has 1 aromatic rings. The van der Waals surface area contributed by atoms with E-state index in [0.717, 1.165) is 31.2 Å². The van der Waals surface area contributed by atoms with Gasteiger partial charge in [-0.2, -0.15) is 13.2 Å². The van der Waals surface area contributed by atoms with Gasteiger partial charge < -0.3 is 15.0 Å². The topological polar surface area (TPSA) is 41.6 Å². The number of amides is 1. The molecule has 1 aromatic carbocycles. The molecule has 7 heteroatoms. The summed E-state index contributed by atoms with van der Waals surface area (Å²) in [5.74, 6) is 0.00489. The summed E-state index contributed by atoms with van der Waals surface area (Å²) in [4.78, 5) is 13.8. The van der Waals surface area contributed by atoms with Crippen LogP contribution in [0.4, 0.5) is 18.0 Å². The number of halogens is 3. The van der Waals surface area contributed by atoms with Crippen LogP contribution in [0.25, 0.3) is 0 Å². The zero-order chi connectivity index (χ0) is 18.7. The maximum atomic E-state index is 13.2. The third-order valence-electron chi connectivity index (χ3n) is 4.96. The molecule has 0 radical (unpaired) electrons. The summed E-state index contributed by atoms with van der Waals surface area (Å²) < 4.78 is 45.0. The predicted molar refractivity (Wildman–Crippen MR) is 92.0 cm³/mol. The molecule has 1 saturated heterocycles. The zero-order valence-corrected chi connectivity index (χ0v) is 14.9. The SMILES string of the molecule is CCCCOC(=O)N1CCNC(c2ccc(C(F)(F)F)c(C3CC3)c2)C1. The second-order valence-corrected chi connectivity index (χ2v) is 7.04. The van der Waals surface area contributed by atoms with Crippen molar-refractivity contribution in [3.05, 3.63) is 34.9 Å². The monoisotopic (exact) mass is 370 g/mol. The second kappa shape index (κ2) is 7.86. The molecule has 4 nitrogen and oxygen atoms in total. The van der Waals surface area contributed by atoms with E-state index in [-0.39, 0.29) is 18.1 Å². The Morgan fingerprint density at radius 1 is 1.35 bits per heavy atom. The van der Waals surface area contributed by atoms with Gasteiger partial charge >= 0.3 is 12.3 Å². The number of carbonyl (C=O) groups excluding carboxylic acids is 1. The highest BCUT2D eigenvalue weighted by atomic mass is 19.4. The van der Waals surface area contributed by atoms with E-state index >= 15 is 0 Å². The molecule has 1 N–H and O–H groups in total. The molecule has 26 heavy (non-hydrogen) atoms. The quantitative estimate of drug-likeness (QED) is 0.778. The van der Waals surface area contributed by atoms with Crippen LogP contribution in [0.5, 0.6) is 0 Å². The van der Waals surface area contributed by atoms with Gasteiger partial charge in [-0.05, 0) is 42.4 Å². The first-order chi connectivity index (χ1) is 12.4. The molecule has 0 aromatic heterocycles. The van der Waals surface area contributed by atoms with E-state index < -0.39 is 11.7 Å². The number of hydrogen-bond donors (Lipinski definition) is 1. The van der Waals surface area contributed by atoms with Gasteiger partial charge in [0, 0.05) is 19.6 Å². The number of unbranched alkanes of at least 4 members (excludes halogenated alkanes) is 1. The lowest BCUT2D eigenvalue weighted by Gasteiger charge is -2.33. The van der Waals surface area contributed by atoms with Gasteiger partial charge in [-0.3, -0.25) is 0 Å². The Morgan fingerprint density at radius 2 is 2.12 bits per heavy atom. The Morgan fingerprint density at radius 3 is 2.77 bits per heavy atom. The Hall–Kier alpha value is -1.76. The van der Waals surface area contributed by atoms with E-state index in [9.17, 15) is 18.0 Å². The van der Waals surface area contributed by atoms with Crippen LogP contribution >= 0.6 is 0 Å². The summed E-state index contributed by atoms with van der Waals surface area (Å²) >= 11 is 0. The molecule has 1 atom stereocenters. The minimum atomic E-state index is -4.33. The average molecular weight is 370 g/mol. The zero-order valence-electron chi connectivity index (χ0n) is 14.9. The number of carbonyl (C=O) groups is 1. The lowest BCUT2D eigenvalue weighted by atomic mass is 9.95. The number of ether oxygens (including phenoxy) is 1. The number of nitrogens with zero attached hydrogens (tertiary/aromatic N) is 1. The lowest BCUT2D eigenvalue weighted by Crippen LogP contribution is -2.48. The first-order valence-corrected chi connectivity index (χ1v) is 9.26. The molecule has 1 saturated carbocycles. The fraction of sp³-hybridized carbons (Fsp3) is 0.632. The number of piperazine rings is 1. The maximum absolute atomic E-state index is 13.2. The first kappa shape index (κ1) is 19.0. The summed E-state index contributed by atoms with van der Waals surface area (Å²) in [6.07, 6.45) is -1.29. The molecule has 1 amide bonds. The minimum absolute atomic E-state index is 0.00489. The van der Waals surface area contributed by atoms with E-state index in [1.54, 1.807) is 11.0 Å².